The lowest BCUT2D eigenvalue weighted by atomic mass is 10.2. The molecule has 0 atom stereocenters. The summed E-state index contributed by atoms with van der Waals surface area (Å²) in [4.78, 5) is 6.64. The van der Waals surface area contributed by atoms with Crippen LogP contribution in [0.2, 0.25) is 0 Å². The Labute approximate surface area is 133 Å². The minimum Gasteiger partial charge on any atom is -0.493 e. The normalized spacial score (nSPS) is 10.6. The Hall–Kier alpha value is -2.40. The lowest BCUT2D eigenvalue weighted by molar-refractivity contribution is 0.355. The van der Waals surface area contributed by atoms with E-state index in [9.17, 15) is 0 Å². The third kappa shape index (κ3) is 2.80. The zero-order chi connectivity index (χ0) is 15.5. The van der Waals surface area contributed by atoms with Crippen molar-refractivity contribution in [1.82, 2.24) is 4.98 Å². The Morgan fingerprint density at radius 2 is 1.64 bits per heavy atom. The predicted molar refractivity (Wildman–Crippen MR) is 89.8 cm³/mol. The summed E-state index contributed by atoms with van der Waals surface area (Å²) in [5.41, 5.74) is 7.36. The number of rotatable bonds is 4. The second-order valence-corrected chi connectivity index (χ2v) is 5.82. The molecule has 3 aromatic rings. The smallest absolute Gasteiger partial charge is 0.162 e. The van der Waals surface area contributed by atoms with Crippen LogP contribution in [0.1, 0.15) is 0 Å². The molecule has 112 valence electrons. The summed E-state index contributed by atoms with van der Waals surface area (Å²) in [6.07, 6.45) is 1.80. The van der Waals surface area contributed by atoms with Crippen molar-refractivity contribution >= 4 is 28.4 Å². The van der Waals surface area contributed by atoms with Crippen LogP contribution in [0, 0.1) is 0 Å². The Kier molecular flexibility index (Phi) is 4.06. The molecule has 0 aliphatic rings. The fourth-order valence-corrected chi connectivity index (χ4v) is 3.13. The number of pyridine rings is 1. The third-order valence-electron chi connectivity index (χ3n) is 3.31. The highest BCUT2D eigenvalue weighted by Gasteiger charge is 2.10. The van der Waals surface area contributed by atoms with Crippen molar-refractivity contribution < 1.29 is 9.47 Å². The van der Waals surface area contributed by atoms with Crippen molar-refractivity contribution in [2.75, 3.05) is 20.0 Å². The van der Waals surface area contributed by atoms with Crippen molar-refractivity contribution in [2.45, 2.75) is 9.79 Å². The van der Waals surface area contributed by atoms with Gasteiger partial charge in [0.25, 0.3) is 0 Å². The molecule has 0 amide bonds. The molecule has 5 heteroatoms. The zero-order valence-electron chi connectivity index (χ0n) is 12.4. The van der Waals surface area contributed by atoms with Gasteiger partial charge in [-0.2, -0.15) is 0 Å². The second-order valence-electron chi connectivity index (χ2n) is 4.70. The van der Waals surface area contributed by atoms with Gasteiger partial charge in [0.2, 0.25) is 0 Å². The van der Waals surface area contributed by atoms with E-state index in [4.69, 9.17) is 15.2 Å². The molecule has 0 unspecified atom stereocenters. The fourth-order valence-electron chi connectivity index (χ4n) is 2.20. The molecule has 2 aromatic carbocycles. The molecule has 0 radical (unpaired) electrons. The molecule has 3 rings (SSSR count). The first-order valence-electron chi connectivity index (χ1n) is 6.75. The SMILES string of the molecule is COc1cc2nccc(Sc3ccc(N)cc3)c2cc1OC. The monoisotopic (exact) mass is 312 g/mol. The number of nitrogens with zero attached hydrogens (tertiary/aromatic N) is 1. The molecule has 0 aliphatic carbocycles. The average molecular weight is 312 g/mol. The van der Waals surface area contributed by atoms with Gasteiger partial charge in [0.1, 0.15) is 0 Å². The fraction of sp³-hybridized carbons (Fsp3) is 0.118. The maximum Gasteiger partial charge on any atom is 0.162 e. The Bertz CT molecular complexity index is 804. The largest absolute Gasteiger partial charge is 0.493 e. The highest BCUT2D eigenvalue weighted by Crippen LogP contribution is 2.38. The molecule has 0 aliphatic heterocycles. The van der Waals surface area contributed by atoms with E-state index < -0.39 is 0 Å². The Morgan fingerprint density at radius 3 is 2.32 bits per heavy atom. The minimum absolute atomic E-state index is 0.678. The number of methoxy groups -OCH3 is 2. The van der Waals surface area contributed by atoms with E-state index in [0.717, 1.165) is 26.4 Å². The highest BCUT2D eigenvalue weighted by atomic mass is 32.2. The van der Waals surface area contributed by atoms with Crippen LogP contribution in [0.4, 0.5) is 5.69 Å². The van der Waals surface area contributed by atoms with Crippen molar-refractivity contribution in [3.63, 3.8) is 0 Å². The van der Waals surface area contributed by atoms with Gasteiger partial charge in [-0.25, -0.2) is 0 Å². The van der Waals surface area contributed by atoms with Crippen LogP contribution in [0.5, 0.6) is 11.5 Å². The summed E-state index contributed by atoms with van der Waals surface area (Å²) in [7, 11) is 3.25. The molecule has 0 fully saturated rings. The average Bonchev–Trinajstić information content (AvgIpc) is 2.56. The Morgan fingerprint density at radius 1 is 0.955 bits per heavy atom. The molecule has 1 aromatic heterocycles. The van der Waals surface area contributed by atoms with E-state index in [2.05, 4.69) is 4.98 Å². The van der Waals surface area contributed by atoms with E-state index >= 15 is 0 Å². The summed E-state index contributed by atoms with van der Waals surface area (Å²) in [6.45, 7) is 0. The van der Waals surface area contributed by atoms with Crippen LogP contribution < -0.4 is 15.2 Å². The summed E-state index contributed by atoms with van der Waals surface area (Å²) >= 11 is 1.67. The summed E-state index contributed by atoms with van der Waals surface area (Å²) < 4.78 is 10.7. The van der Waals surface area contributed by atoms with Crippen LogP contribution in [-0.2, 0) is 0 Å². The zero-order valence-corrected chi connectivity index (χ0v) is 13.2. The van der Waals surface area contributed by atoms with Crippen LogP contribution in [-0.4, -0.2) is 19.2 Å². The minimum atomic E-state index is 0.678. The van der Waals surface area contributed by atoms with E-state index in [1.807, 2.05) is 42.5 Å². The third-order valence-corrected chi connectivity index (χ3v) is 4.40. The number of ether oxygens (including phenoxy) is 2. The molecule has 0 bridgehead atoms. The highest BCUT2D eigenvalue weighted by molar-refractivity contribution is 7.99. The molecule has 0 spiro atoms. The van der Waals surface area contributed by atoms with E-state index in [-0.39, 0.29) is 0 Å². The van der Waals surface area contributed by atoms with Gasteiger partial charge in [0.15, 0.2) is 11.5 Å². The summed E-state index contributed by atoms with van der Waals surface area (Å²) in [5, 5.41) is 1.03. The lowest BCUT2D eigenvalue weighted by Gasteiger charge is -2.11. The van der Waals surface area contributed by atoms with Crippen molar-refractivity contribution in [3.8, 4) is 11.5 Å². The van der Waals surface area contributed by atoms with Gasteiger partial charge in [-0.15, -0.1) is 0 Å². The molecule has 2 N–H and O–H groups in total. The molecule has 0 saturated carbocycles. The number of hydrogen-bond donors (Lipinski definition) is 1. The first-order chi connectivity index (χ1) is 10.7. The van der Waals surface area contributed by atoms with Gasteiger partial charge in [0.05, 0.1) is 19.7 Å². The van der Waals surface area contributed by atoms with Crippen LogP contribution >= 0.6 is 11.8 Å². The molecular weight excluding hydrogens is 296 g/mol. The van der Waals surface area contributed by atoms with Gasteiger partial charge in [-0.3, -0.25) is 4.98 Å². The maximum absolute atomic E-state index is 5.73. The molecule has 0 saturated heterocycles. The number of benzene rings is 2. The molecular formula is C17H16N2O2S. The maximum atomic E-state index is 5.73. The quantitative estimate of drug-likeness (QED) is 0.738. The van der Waals surface area contributed by atoms with Crippen LogP contribution in [0.15, 0.2) is 58.5 Å². The standard InChI is InChI=1S/C17H16N2O2S/c1-20-15-9-13-14(10-16(15)21-2)19-8-7-17(13)22-12-5-3-11(18)4-6-12/h3-10H,18H2,1-2H3. The molecule has 4 nitrogen and oxygen atoms in total. The first kappa shape index (κ1) is 14.5. The molecule has 1 heterocycles. The van der Waals surface area contributed by atoms with Crippen molar-refractivity contribution in [3.05, 3.63) is 48.7 Å². The molecule has 22 heavy (non-hydrogen) atoms. The lowest BCUT2D eigenvalue weighted by Crippen LogP contribution is -1.92. The van der Waals surface area contributed by atoms with Gasteiger partial charge in [0, 0.05) is 33.1 Å². The van der Waals surface area contributed by atoms with Crippen LogP contribution in [0.3, 0.4) is 0 Å². The first-order valence-corrected chi connectivity index (χ1v) is 7.57. The van der Waals surface area contributed by atoms with Gasteiger partial charge in [-0.05, 0) is 36.4 Å². The van der Waals surface area contributed by atoms with E-state index in [1.54, 1.807) is 32.2 Å². The summed E-state index contributed by atoms with van der Waals surface area (Å²) in [5.74, 6) is 1.37. The van der Waals surface area contributed by atoms with Gasteiger partial charge in [-0.1, -0.05) is 11.8 Å². The predicted octanol–water partition coefficient (Wildman–Crippen LogP) is 3.99. The van der Waals surface area contributed by atoms with Crippen LogP contribution in [0.25, 0.3) is 10.9 Å². The summed E-state index contributed by atoms with van der Waals surface area (Å²) in [6, 6.07) is 13.7. The number of aromatic nitrogens is 1. The number of nitrogens with two attached hydrogens (primary N) is 1. The van der Waals surface area contributed by atoms with E-state index in [1.165, 1.54) is 0 Å². The number of fused-ring (bicyclic) bond motifs is 1. The number of anilines is 1. The Balaban J connectivity index is 2.07. The number of hydrogen-bond acceptors (Lipinski definition) is 5. The second kappa shape index (κ2) is 6.15. The van der Waals surface area contributed by atoms with E-state index in [0.29, 0.717) is 11.5 Å². The van der Waals surface area contributed by atoms with Gasteiger partial charge >= 0.3 is 0 Å². The van der Waals surface area contributed by atoms with Gasteiger partial charge < -0.3 is 15.2 Å². The van der Waals surface area contributed by atoms with Crippen molar-refractivity contribution in [1.29, 1.82) is 0 Å². The topological polar surface area (TPSA) is 57.4 Å². The van der Waals surface area contributed by atoms with Crippen molar-refractivity contribution in [2.24, 2.45) is 0 Å². The number of nitrogen functional groups attached to an aromatic ring is 1.